The summed E-state index contributed by atoms with van der Waals surface area (Å²) in [6.07, 6.45) is 2.82. The van der Waals surface area contributed by atoms with Crippen LogP contribution in [0.4, 0.5) is 0 Å². The van der Waals surface area contributed by atoms with Crippen LogP contribution in [0.1, 0.15) is 36.0 Å². The van der Waals surface area contributed by atoms with E-state index in [4.69, 9.17) is 43.0 Å². The Balaban J connectivity index is 1.40. The van der Waals surface area contributed by atoms with Gasteiger partial charge in [-0.3, -0.25) is 4.79 Å². The molecule has 264 valence electrons. The van der Waals surface area contributed by atoms with E-state index in [0.717, 1.165) is 6.42 Å². The number of benzene rings is 2. The molecule has 0 saturated carbocycles. The van der Waals surface area contributed by atoms with Gasteiger partial charge in [0.05, 0.1) is 79.3 Å². The van der Waals surface area contributed by atoms with E-state index in [1.165, 1.54) is 27.8 Å². The largest absolute Gasteiger partial charge is 0.459 e. The quantitative estimate of drug-likeness (QED) is 0.287. The third kappa shape index (κ3) is 10.1. The number of amides is 1. The Labute approximate surface area is 284 Å². The number of carbonyl (C=O) groups excluding carboxylic acids is 1. The molecule has 0 radical (unpaired) electrons. The van der Waals surface area contributed by atoms with Crippen LogP contribution < -0.4 is 0 Å². The molecule has 3 aliphatic rings. The van der Waals surface area contributed by atoms with Crippen LogP contribution in [0.25, 0.3) is 11.1 Å². The number of hydrogen-bond donors (Lipinski definition) is 1. The number of ether oxygens (including phenoxy) is 8. The van der Waals surface area contributed by atoms with Crippen LogP contribution in [0, 0.1) is 5.92 Å². The van der Waals surface area contributed by atoms with E-state index < -0.39 is 6.29 Å². The number of carbonyl (C=O) groups is 1. The summed E-state index contributed by atoms with van der Waals surface area (Å²) in [6, 6.07) is 15.0. The van der Waals surface area contributed by atoms with Gasteiger partial charge in [0.15, 0.2) is 5.76 Å². The van der Waals surface area contributed by atoms with Gasteiger partial charge in [0.1, 0.15) is 0 Å². The van der Waals surface area contributed by atoms with Gasteiger partial charge in [-0.15, -0.1) is 0 Å². The summed E-state index contributed by atoms with van der Waals surface area (Å²) in [4.78, 5) is 16.0. The average molecular weight is 670 g/mol. The number of nitrogens with zero attached hydrogens (tertiary/aromatic N) is 1. The van der Waals surface area contributed by atoms with E-state index in [1.807, 2.05) is 13.0 Å². The lowest BCUT2D eigenvalue weighted by Crippen LogP contribution is -2.43. The molecule has 5 rings (SSSR count). The zero-order valence-corrected chi connectivity index (χ0v) is 28.1. The first-order valence-corrected chi connectivity index (χ1v) is 17.3. The van der Waals surface area contributed by atoms with Gasteiger partial charge in [0.25, 0.3) is 5.91 Å². The van der Waals surface area contributed by atoms with Gasteiger partial charge in [-0.2, -0.15) is 0 Å². The molecule has 1 fully saturated rings. The lowest BCUT2D eigenvalue weighted by Gasteiger charge is -2.38. The molecule has 2 aromatic rings. The molecule has 0 bridgehead atoms. The predicted octanol–water partition coefficient (Wildman–Crippen LogP) is 3.56. The second-order valence-corrected chi connectivity index (χ2v) is 11.8. The van der Waals surface area contributed by atoms with E-state index in [0.29, 0.717) is 98.8 Å². The lowest BCUT2D eigenvalue weighted by molar-refractivity contribution is -0.172. The fraction of sp³-hybridized carbons (Fsp3) is 0.595. The van der Waals surface area contributed by atoms with Crippen molar-refractivity contribution in [1.29, 1.82) is 0 Å². The summed E-state index contributed by atoms with van der Waals surface area (Å²) >= 11 is 0. The van der Waals surface area contributed by atoms with Gasteiger partial charge in [0, 0.05) is 38.1 Å². The Morgan fingerprint density at radius 2 is 1.46 bits per heavy atom. The van der Waals surface area contributed by atoms with Gasteiger partial charge in [-0.25, -0.2) is 0 Å². The number of allylic oxidation sites excluding steroid dienone is 1. The van der Waals surface area contributed by atoms with Gasteiger partial charge in [-0.1, -0.05) is 42.5 Å². The lowest BCUT2D eigenvalue weighted by atomic mass is 9.78. The maximum Gasteiger partial charge on any atom is 0.288 e. The van der Waals surface area contributed by atoms with E-state index in [-0.39, 0.29) is 36.7 Å². The van der Waals surface area contributed by atoms with Gasteiger partial charge in [-0.05, 0) is 53.7 Å². The van der Waals surface area contributed by atoms with Crippen molar-refractivity contribution in [3.63, 3.8) is 0 Å². The topological polar surface area (TPSA) is 114 Å². The average Bonchev–Trinajstić information content (AvgIpc) is 3.49. The van der Waals surface area contributed by atoms with Gasteiger partial charge < -0.3 is 47.9 Å². The molecule has 2 heterocycles. The van der Waals surface area contributed by atoms with Crippen molar-refractivity contribution in [2.45, 2.75) is 32.0 Å². The summed E-state index contributed by atoms with van der Waals surface area (Å²) in [5.74, 6) is -0.214. The minimum Gasteiger partial charge on any atom is -0.459 e. The number of rotatable bonds is 12. The molecule has 0 spiro atoms. The molecule has 1 aliphatic carbocycles. The molecule has 11 heteroatoms. The van der Waals surface area contributed by atoms with Gasteiger partial charge >= 0.3 is 0 Å². The molecule has 1 amide bonds. The van der Waals surface area contributed by atoms with Crippen LogP contribution in [0.3, 0.4) is 0 Å². The molecular weight excluding hydrogens is 618 g/mol. The molecule has 48 heavy (non-hydrogen) atoms. The Hall–Kier alpha value is -2.87. The highest BCUT2D eigenvalue weighted by molar-refractivity contribution is 5.92. The van der Waals surface area contributed by atoms with E-state index in [2.05, 4.69) is 42.5 Å². The third-order valence-electron chi connectivity index (χ3n) is 8.79. The van der Waals surface area contributed by atoms with Crippen molar-refractivity contribution in [3.05, 3.63) is 71.0 Å². The summed E-state index contributed by atoms with van der Waals surface area (Å²) in [5.41, 5.74) is 6.22. The smallest absolute Gasteiger partial charge is 0.288 e. The molecule has 3 unspecified atom stereocenters. The van der Waals surface area contributed by atoms with Crippen molar-refractivity contribution in [3.8, 4) is 11.1 Å². The fourth-order valence-electron chi connectivity index (χ4n) is 6.47. The van der Waals surface area contributed by atoms with Crippen molar-refractivity contribution < 1.29 is 47.8 Å². The van der Waals surface area contributed by atoms with Crippen LogP contribution >= 0.6 is 0 Å². The van der Waals surface area contributed by atoms with Crippen LogP contribution in [0.5, 0.6) is 0 Å². The Kier molecular flexibility index (Phi) is 15.1. The molecule has 1 saturated heterocycles. The Bertz CT molecular complexity index is 1290. The monoisotopic (exact) mass is 669 g/mol. The molecule has 1 N–H and O–H groups in total. The highest BCUT2D eigenvalue weighted by atomic mass is 16.7. The van der Waals surface area contributed by atoms with Crippen LogP contribution in [-0.4, -0.2) is 128 Å². The highest BCUT2D eigenvalue weighted by Gasteiger charge is 2.40. The van der Waals surface area contributed by atoms with Gasteiger partial charge in [0.2, 0.25) is 6.29 Å². The minimum absolute atomic E-state index is 0.0167. The van der Waals surface area contributed by atoms with Crippen LogP contribution in [-0.2, 0) is 49.1 Å². The summed E-state index contributed by atoms with van der Waals surface area (Å²) in [6.45, 7) is 8.24. The van der Waals surface area contributed by atoms with Crippen LogP contribution in [0.15, 0.2) is 54.3 Å². The van der Waals surface area contributed by atoms with Crippen molar-refractivity contribution in [2.24, 2.45) is 5.92 Å². The first-order chi connectivity index (χ1) is 23.7. The van der Waals surface area contributed by atoms with Crippen molar-refractivity contribution >= 4 is 5.91 Å². The third-order valence-corrected chi connectivity index (χ3v) is 8.79. The van der Waals surface area contributed by atoms with Crippen molar-refractivity contribution in [1.82, 2.24) is 4.90 Å². The SMILES string of the molecule is CCOC1OC(C(=O)N2CCOCCOCCOCCOCC2)=CC(c2cccc3c2Cc2ccccc2-3)C1CCOCCOCCO. The van der Waals surface area contributed by atoms with E-state index >= 15 is 0 Å². The molecule has 2 aromatic carbocycles. The number of aliphatic hydroxyl groups excluding tert-OH is 1. The number of fused-ring (bicyclic) bond motifs is 3. The molecule has 3 atom stereocenters. The van der Waals surface area contributed by atoms with Crippen LogP contribution in [0.2, 0.25) is 0 Å². The second-order valence-electron chi connectivity index (χ2n) is 11.8. The van der Waals surface area contributed by atoms with E-state index in [9.17, 15) is 4.79 Å². The number of aliphatic hydroxyl groups is 1. The Morgan fingerprint density at radius 1 is 0.812 bits per heavy atom. The molecule has 2 aliphatic heterocycles. The summed E-state index contributed by atoms with van der Waals surface area (Å²) in [7, 11) is 0. The second kappa shape index (κ2) is 20.0. The minimum atomic E-state index is -0.650. The summed E-state index contributed by atoms with van der Waals surface area (Å²) in [5, 5.41) is 8.98. The Morgan fingerprint density at radius 3 is 2.15 bits per heavy atom. The van der Waals surface area contributed by atoms with Crippen molar-refractivity contribution in [2.75, 3.05) is 106 Å². The molecule has 0 aromatic heterocycles. The highest BCUT2D eigenvalue weighted by Crippen LogP contribution is 2.45. The maximum absolute atomic E-state index is 14.2. The number of hydrogen-bond acceptors (Lipinski definition) is 10. The normalized spacial score (nSPS) is 22.5. The zero-order chi connectivity index (χ0) is 33.4. The first kappa shape index (κ1) is 36.4. The first-order valence-electron chi connectivity index (χ1n) is 17.3. The zero-order valence-electron chi connectivity index (χ0n) is 28.1. The van der Waals surface area contributed by atoms with E-state index in [1.54, 1.807) is 4.90 Å². The molecular formula is C37H51NO10. The predicted molar refractivity (Wildman–Crippen MR) is 179 cm³/mol. The standard InChI is InChI=1S/C37H51NO10/c1-2-47-37-32(10-14-41-18-21-44-17-13-39)34(31-9-5-8-30-29-7-4-3-6-28(29)26-33(30)31)27-35(48-37)36(40)38-11-15-42-19-22-45-24-25-46-23-20-43-16-12-38/h3-9,27,32,34,37,39H,2,10-26H2,1H3. The summed E-state index contributed by atoms with van der Waals surface area (Å²) < 4.78 is 46.7. The fourth-order valence-corrected chi connectivity index (χ4v) is 6.47. The molecule has 11 nitrogen and oxygen atoms in total. The maximum atomic E-state index is 14.2.